The molecule has 0 unspecified atom stereocenters. The van der Waals surface area contributed by atoms with Crippen LogP contribution in [-0.4, -0.2) is 25.0 Å². The summed E-state index contributed by atoms with van der Waals surface area (Å²) < 4.78 is 0.866. The second-order valence-corrected chi connectivity index (χ2v) is 5.95. The molecule has 0 atom stereocenters. The van der Waals surface area contributed by atoms with Gasteiger partial charge in [-0.25, -0.2) is 0 Å². The molecule has 0 heterocycles. The predicted octanol–water partition coefficient (Wildman–Crippen LogP) is 2.49. The monoisotopic (exact) mass is 325 g/mol. The van der Waals surface area contributed by atoms with Gasteiger partial charge in [0.2, 0.25) is 0 Å². The smallest absolute Gasteiger partial charge is 0.250 e. The van der Waals surface area contributed by atoms with Gasteiger partial charge in [0.25, 0.3) is 5.91 Å². The third-order valence-electron chi connectivity index (χ3n) is 3.74. The molecule has 0 aromatic heterocycles. The molecule has 4 N–H and O–H groups in total. The molecule has 0 aliphatic heterocycles. The van der Waals surface area contributed by atoms with Crippen molar-refractivity contribution in [3.8, 4) is 0 Å². The average molecular weight is 326 g/mol. The van der Waals surface area contributed by atoms with Crippen LogP contribution in [0.4, 0.5) is 5.69 Å². The number of carbonyl (C=O) groups is 1. The molecule has 2 rings (SSSR count). The minimum Gasteiger partial charge on any atom is -0.382 e. The predicted molar refractivity (Wildman–Crippen MR) is 81.4 cm³/mol. The number of halogens is 1. The number of hydrogen-bond acceptors (Lipinski definition) is 3. The van der Waals surface area contributed by atoms with Gasteiger partial charge in [-0.1, -0.05) is 15.9 Å². The Bertz CT molecular complexity index is 456. The molecule has 19 heavy (non-hydrogen) atoms. The Morgan fingerprint density at radius 1 is 1.26 bits per heavy atom. The summed E-state index contributed by atoms with van der Waals surface area (Å²) in [6.45, 7) is 0. The fraction of sp³-hybridized carbons (Fsp3) is 0.500. The van der Waals surface area contributed by atoms with E-state index in [1.165, 1.54) is 0 Å². The van der Waals surface area contributed by atoms with Crippen molar-refractivity contribution in [2.45, 2.75) is 37.8 Å². The van der Waals surface area contributed by atoms with E-state index in [2.05, 4.69) is 26.6 Å². The van der Waals surface area contributed by atoms with Gasteiger partial charge in [0, 0.05) is 22.2 Å². The van der Waals surface area contributed by atoms with Crippen LogP contribution in [0.1, 0.15) is 36.0 Å². The van der Waals surface area contributed by atoms with E-state index < -0.39 is 5.91 Å². The van der Waals surface area contributed by atoms with Gasteiger partial charge in [0.15, 0.2) is 0 Å². The van der Waals surface area contributed by atoms with Crippen LogP contribution in [0.15, 0.2) is 22.7 Å². The van der Waals surface area contributed by atoms with E-state index in [9.17, 15) is 4.79 Å². The van der Waals surface area contributed by atoms with Crippen molar-refractivity contribution in [3.63, 3.8) is 0 Å². The highest BCUT2D eigenvalue weighted by atomic mass is 79.9. The molecule has 1 amide bonds. The Morgan fingerprint density at radius 2 is 1.89 bits per heavy atom. The number of carbonyl (C=O) groups excluding carboxylic acids is 1. The lowest BCUT2D eigenvalue weighted by atomic mass is 9.91. The molecule has 1 aliphatic carbocycles. The molecule has 1 fully saturated rings. The van der Waals surface area contributed by atoms with Gasteiger partial charge in [0.05, 0.1) is 5.56 Å². The van der Waals surface area contributed by atoms with Crippen molar-refractivity contribution in [1.82, 2.24) is 5.32 Å². The summed E-state index contributed by atoms with van der Waals surface area (Å²) in [6.07, 6.45) is 4.55. The van der Waals surface area contributed by atoms with Crippen LogP contribution in [0, 0.1) is 0 Å². The fourth-order valence-corrected chi connectivity index (χ4v) is 2.95. The van der Waals surface area contributed by atoms with Crippen molar-refractivity contribution in [2.75, 3.05) is 12.4 Å². The van der Waals surface area contributed by atoms with E-state index in [0.29, 0.717) is 17.6 Å². The third-order valence-corrected chi connectivity index (χ3v) is 4.24. The van der Waals surface area contributed by atoms with Gasteiger partial charge in [-0.15, -0.1) is 0 Å². The Hall–Kier alpha value is -1.07. The molecule has 0 saturated heterocycles. The average Bonchev–Trinajstić information content (AvgIpc) is 2.41. The largest absolute Gasteiger partial charge is 0.382 e. The molecule has 1 saturated carbocycles. The molecule has 5 heteroatoms. The lowest BCUT2D eigenvalue weighted by Crippen LogP contribution is -2.35. The van der Waals surface area contributed by atoms with Crippen molar-refractivity contribution in [3.05, 3.63) is 28.2 Å². The number of hydrogen-bond donors (Lipinski definition) is 3. The van der Waals surface area contributed by atoms with Gasteiger partial charge in [-0.3, -0.25) is 4.79 Å². The number of benzene rings is 1. The molecule has 0 bridgehead atoms. The number of primary amides is 1. The first-order valence-electron chi connectivity index (χ1n) is 6.63. The van der Waals surface area contributed by atoms with E-state index in [-0.39, 0.29) is 0 Å². The van der Waals surface area contributed by atoms with Crippen LogP contribution in [0.25, 0.3) is 0 Å². The third kappa shape index (κ3) is 3.70. The zero-order valence-electron chi connectivity index (χ0n) is 11.1. The van der Waals surface area contributed by atoms with Gasteiger partial charge in [0.1, 0.15) is 0 Å². The zero-order chi connectivity index (χ0) is 13.8. The molecule has 0 spiro atoms. The Labute approximate surface area is 122 Å². The maximum atomic E-state index is 11.5. The van der Waals surface area contributed by atoms with E-state index in [1.54, 1.807) is 6.07 Å². The van der Waals surface area contributed by atoms with Crippen molar-refractivity contribution >= 4 is 27.5 Å². The summed E-state index contributed by atoms with van der Waals surface area (Å²) in [7, 11) is 2.01. The van der Waals surface area contributed by atoms with Crippen molar-refractivity contribution in [1.29, 1.82) is 0 Å². The summed E-state index contributed by atoms with van der Waals surface area (Å²) in [5.41, 5.74) is 6.81. The maximum Gasteiger partial charge on any atom is 0.250 e. The van der Waals surface area contributed by atoms with Gasteiger partial charge >= 0.3 is 0 Å². The van der Waals surface area contributed by atoms with Crippen LogP contribution in [0.5, 0.6) is 0 Å². The standard InChI is InChI=1S/C14H20BrN3O/c1-17-10-3-5-11(6-4-10)18-13-7-2-9(15)8-12(13)14(16)19/h2,7-8,10-11,17-18H,3-6H2,1H3,(H2,16,19). The number of anilines is 1. The minimum atomic E-state index is -0.396. The molecule has 1 aliphatic rings. The first kappa shape index (κ1) is 14.3. The highest BCUT2D eigenvalue weighted by Gasteiger charge is 2.21. The van der Waals surface area contributed by atoms with Crippen LogP contribution >= 0.6 is 15.9 Å². The lowest BCUT2D eigenvalue weighted by Gasteiger charge is -2.30. The second kappa shape index (κ2) is 6.39. The maximum absolute atomic E-state index is 11.5. The van der Waals surface area contributed by atoms with E-state index in [4.69, 9.17) is 5.73 Å². The van der Waals surface area contributed by atoms with Crippen LogP contribution in [0.3, 0.4) is 0 Å². The molecule has 0 radical (unpaired) electrons. The molecule has 1 aromatic rings. The molecular formula is C14H20BrN3O. The first-order chi connectivity index (χ1) is 9.10. The normalized spacial score (nSPS) is 23.1. The van der Waals surface area contributed by atoms with Crippen LogP contribution in [-0.2, 0) is 0 Å². The Morgan fingerprint density at radius 3 is 2.47 bits per heavy atom. The van der Waals surface area contributed by atoms with E-state index in [1.807, 2.05) is 19.2 Å². The molecule has 104 valence electrons. The molecular weight excluding hydrogens is 306 g/mol. The SMILES string of the molecule is CNC1CCC(Nc2ccc(Br)cc2C(N)=O)CC1. The number of nitrogens with one attached hydrogen (secondary N) is 2. The minimum absolute atomic E-state index is 0.396. The summed E-state index contributed by atoms with van der Waals surface area (Å²) in [5, 5.41) is 6.77. The second-order valence-electron chi connectivity index (χ2n) is 5.04. The fourth-order valence-electron chi connectivity index (χ4n) is 2.59. The van der Waals surface area contributed by atoms with Gasteiger partial charge < -0.3 is 16.4 Å². The first-order valence-corrected chi connectivity index (χ1v) is 7.42. The van der Waals surface area contributed by atoms with Crippen molar-refractivity contribution < 1.29 is 4.79 Å². The topological polar surface area (TPSA) is 67.2 Å². The quantitative estimate of drug-likeness (QED) is 0.796. The van der Waals surface area contributed by atoms with Gasteiger partial charge in [-0.05, 0) is 50.9 Å². The van der Waals surface area contributed by atoms with Crippen LogP contribution in [0.2, 0.25) is 0 Å². The van der Waals surface area contributed by atoms with Crippen LogP contribution < -0.4 is 16.4 Å². The summed E-state index contributed by atoms with van der Waals surface area (Å²) >= 11 is 3.36. The molecule has 1 aromatic carbocycles. The number of nitrogens with two attached hydrogens (primary N) is 1. The van der Waals surface area contributed by atoms with E-state index >= 15 is 0 Å². The van der Waals surface area contributed by atoms with Gasteiger partial charge in [-0.2, -0.15) is 0 Å². The summed E-state index contributed by atoms with van der Waals surface area (Å²) in [4.78, 5) is 11.5. The highest BCUT2D eigenvalue weighted by molar-refractivity contribution is 9.10. The lowest BCUT2D eigenvalue weighted by molar-refractivity contribution is 0.100. The number of rotatable bonds is 4. The van der Waals surface area contributed by atoms with E-state index in [0.717, 1.165) is 35.8 Å². The Balaban J connectivity index is 2.05. The van der Waals surface area contributed by atoms with Crippen molar-refractivity contribution in [2.24, 2.45) is 5.73 Å². The summed E-state index contributed by atoms with van der Waals surface area (Å²) in [6, 6.07) is 6.65. The zero-order valence-corrected chi connectivity index (χ0v) is 12.7. The molecule has 4 nitrogen and oxygen atoms in total. The highest BCUT2D eigenvalue weighted by Crippen LogP contribution is 2.26. The number of amides is 1. The summed E-state index contributed by atoms with van der Waals surface area (Å²) in [5.74, 6) is -0.396. The Kier molecular flexibility index (Phi) is 4.82.